The van der Waals surface area contributed by atoms with Crippen LogP contribution in [0.15, 0.2) is 48.5 Å². The molecule has 0 bridgehead atoms. The summed E-state index contributed by atoms with van der Waals surface area (Å²) in [7, 11) is 0. The summed E-state index contributed by atoms with van der Waals surface area (Å²) in [5.74, 6) is -0.706. The molecule has 2 amide bonds. The number of hydrogen-bond acceptors (Lipinski definition) is 4. The number of carbonyl (C=O) groups excluding carboxylic acids is 2. The van der Waals surface area contributed by atoms with Crippen LogP contribution in [0.2, 0.25) is 0 Å². The van der Waals surface area contributed by atoms with E-state index in [-0.39, 0.29) is 5.91 Å². The Kier molecular flexibility index (Phi) is 6.33. The van der Waals surface area contributed by atoms with Crippen LogP contribution in [-0.4, -0.2) is 24.6 Å². The highest BCUT2D eigenvalue weighted by Crippen LogP contribution is 2.15. The molecular weight excluding hydrogens is 325 g/mol. The molecule has 0 heterocycles. The van der Waals surface area contributed by atoms with E-state index in [1.165, 1.54) is 18.2 Å². The average molecular weight is 345 g/mol. The third-order valence-electron chi connectivity index (χ3n) is 3.28. The highest BCUT2D eigenvalue weighted by molar-refractivity contribution is 5.96. The van der Waals surface area contributed by atoms with Crippen molar-refractivity contribution in [3.05, 3.63) is 54.3 Å². The molecule has 7 heteroatoms. The van der Waals surface area contributed by atoms with Crippen molar-refractivity contribution in [1.82, 2.24) is 0 Å². The Bertz CT molecular complexity index is 735. The number of benzene rings is 2. The van der Waals surface area contributed by atoms with Gasteiger partial charge in [-0.15, -0.1) is 0 Å². The quantitative estimate of drug-likeness (QED) is 0.743. The molecule has 6 nitrogen and oxygen atoms in total. The topological polar surface area (TPSA) is 79.5 Å². The average Bonchev–Trinajstić information content (AvgIpc) is 2.57. The summed E-state index contributed by atoms with van der Waals surface area (Å²) in [6, 6.07) is 12.0. The number of amides is 2. The number of nitrogens with one attached hydrogen (secondary N) is 3. The van der Waals surface area contributed by atoms with Crippen molar-refractivity contribution in [1.29, 1.82) is 0 Å². The molecule has 2 rings (SSSR count). The van der Waals surface area contributed by atoms with Crippen molar-refractivity contribution < 1.29 is 18.7 Å². The van der Waals surface area contributed by atoms with Gasteiger partial charge in [0.05, 0.1) is 6.61 Å². The molecule has 132 valence electrons. The zero-order chi connectivity index (χ0) is 18.2. The van der Waals surface area contributed by atoms with Gasteiger partial charge in [-0.1, -0.05) is 6.07 Å². The van der Waals surface area contributed by atoms with E-state index < -0.39 is 18.0 Å². The Hall–Kier alpha value is -3.09. The first-order valence-electron chi connectivity index (χ1n) is 7.84. The van der Waals surface area contributed by atoms with Gasteiger partial charge in [-0.3, -0.25) is 10.1 Å². The number of halogens is 1. The molecule has 0 radical (unpaired) electrons. The molecule has 0 aromatic heterocycles. The van der Waals surface area contributed by atoms with Gasteiger partial charge in [0.1, 0.15) is 11.9 Å². The summed E-state index contributed by atoms with van der Waals surface area (Å²) < 4.78 is 17.9. The Labute approximate surface area is 145 Å². The summed E-state index contributed by atoms with van der Waals surface area (Å²) >= 11 is 0. The lowest BCUT2D eigenvalue weighted by molar-refractivity contribution is -0.116. The Morgan fingerprint density at radius 1 is 1.04 bits per heavy atom. The van der Waals surface area contributed by atoms with E-state index in [0.717, 1.165) is 0 Å². The van der Waals surface area contributed by atoms with Crippen LogP contribution in [0.1, 0.15) is 13.8 Å². The van der Waals surface area contributed by atoms with Crippen molar-refractivity contribution in [3.8, 4) is 0 Å². The second-order valence-corrected chi connectivity index (χ2v) is 5.29. The standard InChI is InChI=1S/C18H20FN3O3/c1-3-25-18(24)22-15-9-7-14(8-10-15)20-12(2)17(23)21-16-6-4-5-13(19)11-16/h4-12,20H,3H2,1-2H3,(H,21,23)(H,22,24)/t12-/m1/s1. The fourth-order valence-corrected chi connectivity index (χ4v) is 2.07. The van der Waals surface area contributed by atoms with Gasteiger partial charge in [-0.05, 0) is 56.3 Å². The summed E-state index contributed by atoms with van der Waals surface area (Å²) in [5.41, 5.74) is 1.69. The first kappa shape index (κ1) is 18.3. The zero-order valence-corrected chi connectivity index (χ0v) is 14.0. The van der Waals surface area contributed by atoms with Crippen LogP contribution in [-0.2, 0) is 9.53 Å². The second kappa shape index (κ2) is 8.68. The molecular formula is C18H20FN3O3. The van der Waals surface area contributed by atoms with E-state index in [0.29, 0.717) is 23.7 Å². The first-order chi connectivity index (χ1) is 12.0. The molecule has 2 aromatic carbocycles. The molecule has 0 fully saturated rings. The van der Waals surface area contributed by atoms with Gasteiger partial charge in [0.25, 0.3) is 0 Å². The predicted molar refractivity (Wildman–Crippen MR) is 95.2 cm³/mol. The highest BCUT2D eigenvalue weighted by Gasteiger charge is 2.13. The molecule has 25 heavy (non-hydrogen) atoms. The van der Waals surface area contributed by atoms with Gasteiger partial charge in [0.15, 0.2) is 0 Å². The van der Waals surface area contributed by atoms with Gasteiger partial charge >= 0.3 is 6.09 Å². The lowest BCUT2D eigenvalue weighted by atomic mass is 10.2. The smallest absolute Gasteiger partial charge is 0.411 e. The Morgan fingerprint density at radius 3 is 2.36 bits per heavy atom. The van der Waals surface area contributed by atoms with Crippen LogP contribution in [0, 0.1) is 5.82 Å². The summed E-state index contributed by atoms with van der Waals surface area (Å²) in [6.07, 6.45) is -0.522. The molecule has 0 unspecified atom stereocenters. The second-order valence-electron chi connectivity index (χ2n) is 5.29. The zero-order valence-electron chi connectivity index (χ0n) is 14.0. The van der Waals surface area contributed by atoms with Gasteiger partial charge in [-0.25, -0.2) is 9.18 Å². The van der Waals surface area contributed by atoms with Crippen molar-refractivity contribution in [2.75, 3.05) is 22.6 Å². The number of ether oxygens (including phenoxy) is 1. The maximum atomic E-state index is 13.1. The molecule has 2 aromatic rings. The molecule has 3 N–H and O–H groups in total. The lowest BCUT2D eigenvalue weighted by Gasteiger charge is -2.16. The molecule has 0 saturated heterocycles. The lowest BCUT2D eigenvalue weighted by Crippen LogP contribution is -2.31. The van der Waals surface area contributed by atoms with Crippen molar-refractivity contribution >= 4 is 29.1 Å². The highest BCUT2D eigenvalue weighted by atomic mass is 19.1. The maximum Gasteiger partial charge on any atom is 0.411 e. The Balaban J connectivity index is 1.90. The molecule has 0 saturated carbocycles. The van der Waals surface area contributed by atoms with Crippen molar-refractivity contribution in [2.45, 2.75) is 19.9 Å². The molecule has 0 spiro atoms. The van der Waals surface area contributed by atoms with Crippen LogP contribution >= 0.6 is 0 Å². The summed E-state index contributed by atoms with van der Waals surface area (Å²) in [5, 5.41) is 8.25. The summed E-state index contributed by atoms with van der Waals surface area (Å²) in [4.78, 5) is 23.5. The van der Waals surface area contributed by atoms with Crippen molar-refractivity contribution in [2.24, 2.45) is 0 Å². The molecule has 1 atom stereocenters. The van der Waals surface area contributed by atoms with Gasteiger partial charge in [0.2, 0.25) is 5.91 Å². The third kappa shape index (κ3) is 5.80. The largest absolute Gasteiger partial charge is 0.450 e. The number of hydrogen-bond donors (Lipinski definition) is 3. The van der Waals surface area contributed by atoms with Gasteiger partial charge in [-0.2, -0.15) is 0 Å². The van der Waals surface area contributed by atoms with E-state index in [1.807, 2.05) is 0 Å². The van der Waals surface area contributed by atoms with Crippen LogP contribution in [0.4, 0.5) is 26.2 Å². The van der Waals surface area contributed by atoms with Crippen LogP contribution < -0.4 is 16.0 Å². The van der Waals surface area contributed by atoms with E-state index >= 15 is 0 Å². The predicted octanol–water partition coefficient (Wildman–Crippen LogP) is 3.83. The van der Waals surface area contributed by atoms with Gasteiger partial charge in [0, 0.05) is 17.1 Å². The molecule has 0 aliphatic carbocycles. The number of carbonyl (C=O) groups is 2. The summed E-state index contributed by atoms with van der Waals surface area (Å²) in [6.45, 7) is 3.71. The maximum absolute atomic E-state index is 13.1. The van der Waals surface area contributed by atoms with E-state index in [2.05, 4.69) is 16.0 Å². The minimum atomic E-state index is -0.535. The Morgan fingerprint density at radius 2 is 1.72 bits per heavy atom. The SMILES string of the molecule is CCOC(=O)Nc1ccc(N[C@H](C)C(=O)Nc2cccc(F)c2)cc1. The van der Waals surface area contributed by atoms with Crippen LogP contribution in [0.5, 0.6) is 0 Å². The van der Waals surface area contributed by atoms with Crippen LogP contribution in [0.25, 0.3) is 0 Å². The van der Waals surface area contributed by atoms with E-state index in [9.17, 15) is 14.0 Å². The van der Waals surface area contributed by atoms with E-state index in [1.54, 1.807) is 44.2 Å². The minimum absolute atomic E-state index is 0.292. The molecule has 0 aliphatic rings. The fraction of sp³-hybridized carbons (Fsp3) is 0.222. The van der Waals surface area contributed by atoms with Gasteiger partial charge < -0.3 is 15.4 Å². The fourth-order valence-electron chi connectivity index (χ4n) is 2.07. The monoisotopic (exact) mass is 345 g/mol. The normalized spacial score (nSPS) is 11.3. The number of rotatable bonds is 6. The first-order valence-corrected chi connectivity index (χ1v) is 7.84. The molecule has 0 aliphatic heterocycles. The number of anilines is 3. The van der Waals surface area contributed by atoms with E-state index in [4.69, 9.17) is 4.74 Å². The van der Waals surface area contributed by atoms with Crippen LogP contribution in [0.3, 0.4) is 0 Å². The third-order valence-corrected chi connectivity index (χ3v) is 3.28. The van der Waals surface area contributed by atoms with Crippen molar-refractivity contribution in [3.63, 3.8) is 0 Å². The minimum Gasteiger partial charge on any atom is -0.450 e.